The molecule has 2 aliphatic carbocycles. The number of hydrogen-bond donors (Lipinski definition) is 2. The summed E-state index contributed by atoms with van der Waals surface area (Å²) in [5.41, 5.74) is 2.83. The van der Waals surface area contributed by atoms with Crippen LogP contribution < -0.4 is 14.4 Å². The van der Waals surface area contributed by atoms with Gasteiger partial charge in [-0.05, 0) is 112 Å². The van der Waals surface area contributed by atoms with Crippen molar-refractivity contribution in [1.82, 2.24) is 4.72 Å². The molecule has 1 fully saturated rings. The zero-order chi connectivity index (χ0) is 28.1. The van der Waals surface area contributed by atoms with Gasteiger partial charge >= 0.3 is 0 Å². The number of nitrogens with one attached hydrogen (secondary N) is 1. The number of fused-ring (bicyclic) bond motifs is 4. The maximum atomic E-state index is 13.2. The van der Waals surface area contributed by atoms with Crippen molar-refractivity contribution in [3.63, 3.8) is 0 Å². The van der Waals surface area contributed by atoms with Crippen LogP contribution in [-0.2, 0) is 22.8 Å². The van der Waals surface area contributed by atoms with Crippen molar-refractivity contribution >= 4 is 34.2 Å². The monoisotopic (exact) mass is 582 g/mol. The van der Waals surface area contributed by atoms with Gasteiger partial charge in [-0.2, -0.15) is 0 Å². The van der Waals surface area contributed by atoms with Gasteiger partial charge in [0.25, 0.3) is 5.91 Å². The SMILES string of the molecule is CC1CC/C=C/[C@@](C)(O)C2CCC2CN2C[C@@]3(CCCc4cc(Cl)ccc43)COc3ccc(cc32)C(=O)NS1=O. The minimum atomic E-state index is -1.51. The number of anilines is 1. The number of hydrogen-bond acceptors (Lipinski definition) is 5. The van der Waals surface area contributed by atoms with Crippen molar-refractivity contribution in [3.05, 3.63) is 70.3 Å². The van der Waals surface area contributed by atoms with Crippen LogP contribution in [0.1, 0.15) is 73.9 Å². The number of rotatable bonds is 0. The number of aryl methyl sites for hydroxylation is 1. The smallest absolute Gasteiger partial charge is 0.263 e. The van der Waals surface area contributed by atoms with E-state index in [0.29, 0.717) is 30.9 Å². The zero-order valence-electron chi connectivity index (χ0n) is 23.3. The summed E-state index contributed by atoms with van der Waals surface area (Å²) < 4.78 is 22.2. The molecule has 1 amide bonds. The molecule has 6 nitrogen and oxygen atoms in total. The van der Waals surface area contributed by atoms with Crippen molar-refractivity contribution in [2.75, 3.05) is 24.6 Å². The highest BCUT2D eigenvalue weighted by molar-refractivity contribution is 7.84. The first-order valence-corrected chi connectivity index (χ1v) is 16.2. The molecule has 2 N–H and O–H groups in total. The standard InChI is InChI=1S/C32H39ClN2O4S/c1-21-6-3-4-14-31(2,37)26-11-8-24(26)18-35-19-32(15-5-7-22-16-25(33)10-12-27(22)32)20-39-29-13-9-23(17-28(29)35)30(36)34-40(21)38/h4,9-10,12-14,16-17,21,24,26,37H,3,5-8,11,15,18-20H2,1-2H3,(H,34,36)/b14-4+/t21?,24?,26?,31-,32+,40?/m1/s1. The fourth-order valence-corrected chi connectivity index (χ4v) is 8.28. The molecule has 8 heteroatoms. The number of ether oxygens (including phenoxy) is 1. The van der Waals surface area contributed by atoms with E-state index < -0.39 is 16.6 Å². The molecule has 6 atom stereocenters. The Balaban J connectivity index is 1.42. The van der Waals surface area contributed by atoms with E-state index in [4.69, 9.17) is 16.3 Å². The van der Waals surface area contributed by atoms with Crippen LogP contribution in [0.5, 0.6) is 5.75 Å². The molecule has 1 spiro atoms. The van der Waals surface area contributed by atoms with E-state index in [9.17, 15) is 14.1 Å². The predicted molar refractivity (Wildman–Crippen MR) is 161 cm³/mol. The van der Waals surface area contributed by atoms with Gasteiger partial charge in [0.15, 0.2) is 0 Å². The van der Waals surface area contributed by atoms with Gasteiger partial charge in [0.2, 0.25) is 0 Å². The Morgan fingerprint density at radius 2 is 2.02 bits per heavy atom. The highest BCUT2D eigenvalue weighted by Crippen LogP contribution is 2.48. The Labute approximate surface area is 244 Å². The zero-order valence-corrected chi connectivity index (χ0v) is 24.9. The Kier molecular flexibility index (Phi) is 7.51. The summed E-state index contributed by atoms with van der Waals surface area (Å²) in [6, 6.07) is 11.8. The molecule has 40 heavy (non-hydrogen) atoms. The molecule has 2 aliphatic heterocycles. The summed E-state index contributed by atoms with van der Waals surface area (Å²) >= 11 is 6.39. The largest absolute Gasteiger partial charge is 0.490 e. The van der Waals surface area contributed by atoms with E-state index in [1.54, 1.807) is 6.07 Å². The van der Waals surface area contributed by atoms with Crippen LogP contribution in [0, 0.1) is 11.8 Å². The van der Waals surface area contributed by atoms with Crippen LogP contribution in [0.2, 0.25) is 5.02 Å². The van der Waals surface area contributed by atoms with E-state index in [-0.39, 0.29) is 22.5 Å². The molecule has 6 rings (SSSR count). The molecule has 4 aliphatic rings. The van der Waals surface area contributed by atoms with E-state index in [2.05, 4.69) is 21.8 Å². The molecule has 1 saturated carbocycles. The number of benzene rings is 2. The molecule has 2 aromatic carbocycles. The van der Waals surface area contributed by atoms with Gasteiger partial charge in [0.05, 0.1) is 23.1 Å². The number of halogens is 1. The summed E-state index contributed by atoms with van der Waals surface area (Å²) in [5.74, 6) is 0.882. The van der Waals surface area contributed by atoms with Crippen LogP contribution in [0.25, 0.3) is 0 Å². The maximum absolute atomic E-state index is 13.2. The van der Waals surface area contributed by atoms with Gasteiger partial charge in [-0.15, -0.1) is 0 Å². The summed E-state index contributed by atoms with van der Waals surface area (Å²) in [6.07, 6.45) is 10.4. The van der Waals surface area contributed by atoms with Crippen molar-refractivity contribution < 1.29 is 18.8 Å². The van der Waals surface area contributed by atoms with E-state index in [0.717, 1.165) is 61.7 Å². The topological polar surface area (TPSA) is 78.9 Å². The Morgan fingerprint density at radius 3 is 2.83 bits per heavy atom. The normalized spacial score (nSPS) is 34.9. The number of carbonyl (C=O) groups is 1. The highest BCUT2D eigenvalue weighted by atomic mass is 35.5. The van der Waals surface area contributed by atoms with E-state index >= 15 is 0 Å². The molecular formula is C32H39ClN2O4S. The third-order valence-electron chi connectivity index (χ3n) is 9.68. The number of aliphatic hydroxyl groups is 1. The van der Waals surface area contributed by atoms with Crippen molar-refractivity contribution in [3.8, 4) is 5.75 Å². The summed E-state index contributed by atoms with van der Waals surface area (Å²) in [6.45, 7) is 5.88. The molecular weight excluding hydrogens is 544 g/mol. The second-order valence-corrected chi connectivity index (χ2v) is 14.5. The minimum Gasteiger partial charge on any atom is -0.490 e. The molecule has 2 bridgehead atoms. The van der Waals surface area contributed by atoms with Crippen LogP contribution in [0.3, 0.4) is 0 Å². The molecule has 0 aromatic heterocycles. The molecule has 2 aromatic rings. The maximum Gasteiger partial charge on any atom is 0.263 e. The Morgan fingerprint density at radius 1 is 1.18 bits per heavy atom. The lowest BCUT2D eigenvalue weighted by molar-refractivity contribution is -0.0314. The van der Waals surface area contributed by atoms with Gasteiger partial charge in [-0.25, -0.2) is 4.21 Å². The third-order valence-corrected chi connectivity index (χ3v) is 11.3. The highest BCUT2D eigenvalue weighted by Gasteiger charge is 2.46. The number of allylic oxidation sites excluding steroid dienone is 1. The summed E-state index contributed by atoms with van der Waals surface area (Å²) in [5, 5.41) is 12.0. The van der Waals surface area contributed by atoms with Crippen molar-refractivity contribution in [1.29, 1.82) is 0 Å². The lowest BCUT2D eigenvalue weighted by atomic mass is 9.64. The number of carbonyl (C=O) groups excluding carboxylic acids is 1. The van der Waals surface area contributed by atoms with E-state index in [1.165, 1.54) is 11.1 Å². The third kappa shape index (κ3) is 5.21. The first-order chi connectivity index (χ1) is 19.1. The van der Waals surface area contributed by atoms with Gasteiger partial charge in [-0.1, -0.05) is 29.8 Å². The van der Waals surface area contributed by atoms with Gasteiger partial charge in [-0.3, -0.25) is 9.52 Å². The van der Waals surface area contributed by atoms with Crippen molar-refractivity contribution in [2.24, 2.45) is 11.8 Å². The average Bonchev–Trinajstić information content (AvgIpc) is 3.05. The number of nitrogens with zero attached hydrogens (tertiary/aromatic N) is 1. The predicted octanol–water partition coefficient (Wildman–Crippen LogP) is 5.72. The average molecular weight is 583 g/mol. The van der Waals surface area contributed by atoms with Gasteiger partial charge in [0, 0.05) is 29.1 Å². The Hall–Kier alpha value is -2.35. The van der Waals surface area contributed by atoms with Gasteiger partial charge in [0.1, 0.15) is 16.7 Å². The van der Waals surface area contributed by atoms with Crippen LogP contribution in [0.4, 0.5) is 5.69 Å². The number of amides is 1. The van der Waals surface area contributed by atoms with E-state index in [1.807, 2.05) is 44.2 Å². The summed E-state index contributed by atoms with van der Waals surface area (Å²) in [7, 11) is -1.51. The second-order valence-electron chi connectivity index (χ2n) is 12.5. The molecule has 214 valence electrons. The lowest BCUT2D eigenvalue weighted by Crippen LogP contribution is -2.51. The van der Waals surface area contributed by atoms with Crippen LogP contribution in [-0.4, -0.2) is 45.8 Å². The first kappa shape index (κ1) is 27.8. The van der Waals surface area contributed by atoms with Crippen LogP contribution in [0.15, 0.2) is 48.6 Å². The quantitative estimate of drug-likeness (QED) is 0.388. The first-order valence-electron chi connectivity index (χ1n) is 14.6. The fraction of sp³-hybridized carbons (Fsp3) is 0.531. The second kappa shape index (κ2) is 10.8. The molecule has 4 unspecified atom stereocenters. The molecule has 2 heterocycles. The van der Waals surface area contributed by atoms with Crippen molar-refractivity contribution in [2.45, 2.75) is 75.1 Å². The van der Waals surface area contributed by atoms with Crippen LogP contribution >= 0.6 is 11.6 Å². The molecule has 0 radical (unpaired) electrons. The fourth-order valence-electron chi connectivity index (χ4n) is 7.23. The molecule has 0 saturated heterocycles. The van der Waals surface area contributed by atoms with Gasteiger partial charge < -0.3 is 14.7 Å². The minimum absolute atomic E-state index is 0.149. The summed E-state index contributed by atoms with van der Waals surface area (Å²) in [4.78, 5) is 15.6. The lowest BCUT2D eigenvalue weighted by Gasteiger charge is -2.48. The Bertz CT molecular complexity index is 1360.